The Morgan fingerprint density at radius 3 is 2.46 bits per heavy atom. The lowest BCUT2D eigenvalue weighted by Crippen LogP contribution is -2.41. The SMILES string of the molecule is COc1ccc(C)cc1C(=O)O[C@H](C)C(=O)NC1CCCCCC1. The monoisotopic (exact) mass is 333 g/mol. The number of hydrogen-bond acceptors (Lipinski definition) is 4. The van der Waals surface area contributed by atoms with Crippen LogP contribution in [0.25, 0.3) is 0 Å². The van der Waals surface area contributed by atoms with Crippen LogP contribution in [-0.2, 0) is 9.53 Å². The normalized spacial score (nSPS) is 16.8. The summed E-state index contributed by atoms with van der Waals surface area (Å²) in [4.78, 5) is 24.6. The average Bonchev–Trinajstić information content (AvgIpc) is 2.83. The van der Waals surface area contributed by atoms with Gasteiger partial charge >= 0.3 is 5.97 Å². The molecule has 2 rings (SSSR count). The number of ether oxygens (including phenoxy) is 2. The lowest BCUT2D eigenvalue weighted by Gasteiger charge is -2.20. The zero-order chi connectivity index (χ0) is 17.5. The highest BCUT2D eigenvalue weighted by Crippen LogP contribution is 2.21. The van der Waals surface area contributed by atoms with Gasteiger partial charge in [-0.3, -0.25) is 4.79 Å². The van der Waals surface area contributed by atoms with Crippen molar-refractivity contribution >= 4 is 11.9 Å². The minimum absolute atomic E-state index is 0.189. The quantitative estimate of drug-likeness (QED) is 0.663. The first kappa shape index (κ1) is 18.3. The third kappa shape index (κ3) is 4.98. The molecule has 1 aliphatic carbocycles. The number of rotatable bonds is 5. The summed E-state index contributed by atoms with van der Waals surface area (Å²) < 4.78 is 10.5. The van der Waals surface area contributed by atoms with Crippen molar-refractivity contribution in [3.8, 4) is 5.75 Å². The van der Waals surface area contributed by atoms with Gasteiger partial charge in [0.25, 0.3) is 5.91 Å². The van der Waals surface area contributed by atoms with Crippen LogP contribution in [0.3, 0.4) is 0 Å². The lowest BCUT2D eigenvalue weighted by molar-refractivity contribution is -0.129. The van der Waals surface area contributed by atoms with Crippen LogP contribution in [0.2, 0.25) is 0 Å². The van der Waals surface area contributed by atoms with E-state index in [-0.39, 0.29) is 11.9 Å². The third-order valence-electron chi connectivity index (χ3n) is 4.43. The summed E-state index contributed by atoms with van der Waals surface area (Å²) in [7, 11) is 1.50. The van der Waals surface area contributed by atoms with Crippen molar-refractivity contribution in [3.63, 3.8) is 0 Å². The molecule has 1 atom stereocenters. The molecule has 0 aromatic heterocycles. The van der Waals surface area contributed by atoms with E-state index in [2.05, 4.69) is 5.32 Å². The van der Waals surface area contributed by atoms with E-state index in [9.17, 15) is 9.59 Å². The fourth-order valence-corrected chi connectivity index (χ4v) is 3.00. The summed E-state index contributed by atoms with van der Waals surface area (Å²) in [5.41, 5.74) is 1.27. The van der Waals surface area contributed by atoms with Gasteiger partial charge in [0.2, 0.25) is 0 Å². The van der Waals surface area contributed by atoms with Crippen molar-refractivity contribution in [3.05, 3.63) is 29.3 Å². The van der Waals surface area contributed by atoms with Crippen LogP contribution in [-0.4, -0.2) is 31.1 Å². The van der Waals surface area contributed by atoms with E-state index in [0.29, 0.717) is 11.3 Å². The van der Waals surface area contributed by atoms with Gasteiger partial charge in [-0.05, 0) is 38.8 Å². The summed E-state index contributed by atoms with van der Waals surface area (Å²) in [5, 5.41) is 3.01. The Hall–Kier alpha value is -2.04. The van der Waals surface area contributed by atoms with E-state index in [1.807, 2.05) is 13.0 Å². The Morgan fingerprint density at radius 1 is 1.17 bits per heavy atom. The molecule has 1 N–H and O–H groups in total. The van der Waals surface area contributed by atoms with Gasteiger partial charge in [-0.25, -0.2) is 4.79 Å². The van der Waals surface area contributed by atoms with Gasteiger partial charge in [0.15, 0.2) is 6.10 Å². The number of carbonyl (C=O) groups excluding carboxylic acids is 2. The zero-order valence-electron chi connectivity index (χ0n) is 14.8. The molecule has 1 aliphatic rings. The Bertz CT molecular complexity index is 577. The van der Waals surface area contributed by atoms with Crippen LogP contribution in [0, 0.1) is 6.92 Å². The molecule has 1 aromatic carbocycles. The molecule has 0 unspecified atom stereocenters. The van der Waals surface area contributed by atoms with Gasteiger partial charge in [-0.1, -0.05) is 37.3 Å². The molecule has 1 aromatic rings. The maximum atomic E-state index is 12.4. The maximum Gasteiger partial charge on any atom is 0.342 e. The smallest absolute Gasteiger partial charge is 0.342 e. The van der Waals surface area contributed by atoms with E-state index < -0.39 is 12.1 Å². The molecule has 132 valence electrons. The molecule has 24 heavy (non-hydrogen) atoms. The predicted molar refractivity (Wildman–Crippen MR) is 92.2 cm³/mol. The van der Waals surface area contributed by atoms with E-state index in [4.69, 9.17) is 9.47 Å². The van der Waals surface area contributed by atoms with Crippen molar-refractivity contribution in [2.24, 2.45) is 0 Å². The largest absolute Gasteiger partial charge is 0.496 e. The molecule has 0 aliphatic heterocycles. The standard InChI is InChI=1S/C19H27NO4/c1-13-10-11-17(23-3)16(12-13)19(22)24-14(2)18(21)20-15-8-6-4-5-7-9-15/h10-12,14-15H,4-9H2,1-3H3,(H,20,21)/t14-/m1/s1. The first-order valence-corrected chi connectivity index (χ1v) is 8.67. The number of methoxy groups -OCH3 is 1. The number of benzene rings is 1. The van der Waals surface area contributed by atoms with Crippen molar-refractivity contribution in [1.82, 2.24) is 5.32 Å². The number of nitrogens with one attached hydrogen (secondary N) is 1. The predicted octanol–water partition coefficient (Wildman–Crippen LogP) is 3.39. The van der Waals surface area contributed by atoms with Gasteiger partial charge < -0.3 is 14.8 Å². The van der Waals surface area contributed by atoms with E-state index in [1.165, 1.54) is 20.0 Å². The van der Waals surface area contributed by atoms with Gasteiger partial charge in [0.1, 0.15) is 11.3 Å². The molecule has 5 heteroatoms. The first-order valence-electron chi connectivity index (χ1n) is 8.67. The van der Waals surface area contributed by atoms with Crippen molar-refractivity contribution in [2.75, 3.05) is 7.11 Å². The maximum absolute atomic E-state index is 12.4. The van der Waals surface area contributed by atoms with Crippen LogP contribution in [0.5, 0.6) is 5.75 Å². The fraction of sp³-hybridized carbons (Fsp3) is 0.579. The summed E-state index contributed by atoms with van der Waals surface area (Å²) in [6.07, 6.45) is 5.90. The zero-order valence-corrected chi connectivity index (χ0v) is 14.8. The molecule has 1 fully saturated rings. The van der Waals surface area contributed by atoms with Crippen LogP contribution in [0.4, 0.5) is 0 Å². The number of hydrogen-bond donors (Lipinski definition) is 1. The van der Waals surface area contributed by atoms with Crippen LogP contribution >= 0.6 is 0 Å². The highest BCUT2D eigenvalue weighted by Gasteiger charge is 2.23. The molecular weight excluding hydrogens is 306 g/mol. The summed E-state index contributed by atoms with van der Waals surface area (Å²) in [6.45, 7) is 3.49. The van der Waals surface area contributed by atoms with Crippen LogP contribution < -0.4 is 10.1 Å². The molecule has 1 saturated carbocycles. The lowest BCUT2D eigenvalue weighted by atomic mass is 10.1. The summed E-state index contributed by atoms with van der Waals surface area (Å²) in [6, 6.07) is 5.48. The molecule has 0 radical (unpaired) electrons. The minimum atomic E-state index is -0.828. The molecular formula is C19H27NO4. The molecule has 0 spiro atoms. The van der Waals surface area contributed by atoms with Crippen molar-refractivity contribution in [1.29, 1.82) is 0 Å². The molecule has 1 amide bonds. The van der Waals surface area contributed by atoms with Gasteiger partial charge in [-0.15, -0.1) is 0 Å². The van der Waals surface area contributed by atoms with E-state index in [1.54, 1.807) is 19.1 Å². The number of carbonyl (C=O) groups is 2. The Labute approximate surface area is 143 Å². The number of amides is 1. The van der Waals surface area contributed by atoms with Gasteiger partial charge in [-0.2, -0.15) is 0 Å². The Kier molecular flexibility index (Phi) is 6.64. The van der Waals surface area contributed by atoms with Gasteiger partial charge in [0.05, 0.1) is 7.11 Å². The average molecular weight is 333 g/mol. The number of aryl methyl sites for hydroxylation is 1. The molecule has 0 bridgehead atoms. The van der Waals surface area contributed by atoms with Crippen molar-refractivity contribution < 1.29 is 19.1 Å². The van der Waals surface area contributed by atoms with Crippen molar-refractivity contribution in [2.45, 2.75) is 64.5 Å². The van der Waals surface area contributed by atoms with Gasteiger partial charge in [0, 0.05) is 6.04 Å². The molecule has 0 heterocycles. The Morgan fingerprint density at radius 2 is 1.83 bits per heavy atom. The first-order chi connectivity index (χ1) is 11.5. The van der Waals surface area contributed by atoms with E-state index >= 15 is 0 Å². The minimum Gasteiger partial charge on any atom is -0.496 e. The fourth-order valence-electron chi connectivity index (χ4n) is 3.00. The second-order valence-corrected chi connectivity index (χ2v) is 6.45. The summed E-state index contributed by atoms with van der Waals surface area (Å²) in [5.74, 6) is -0.331. The third-order valence-corrected chi connectivity index (χ3v) is 4.43. The highest BCUT2D eigenvalue weighted by molar-refractivity contribution is 5.94. The van der Waals surface area contributed by atoms with E-state index in [0.717, 1.165) is 31.2 Å². The summed E-state index contributed by atoms with van der Waals surface area (Å²) >= 11 is 0. The highest BCUT2D eigenvalue weighted by atomic mass is 16.5. The second kappa shape index (κ2) is 8.71. The Balaban J connectivity index is 1.95. The molecule has 5 nitrogen and oxygen atoms in total. The molecule has 0 saturated heterocycles. The second-order valence-electron chi connectivity index (χ2n) is 6.45. The van der Waals surface area contributed by atoms with Crippen LogP contribution in [0.1, 0.15) is 61.4 Å². The number of esters is 1. The van der Waals surface area contributed by atoms with Crippen LogP contribution in [0.15, 0.2) is 18.2 Å². The topological polar surface area (TPSA) is 64.6 Å².